The number of ether oxygens (including phenoxy) is 1. The van der Waals surface area contributed by atoms with Crippen LogP contribution in [0.15, 0.2) is 24.3 Å². The van der Waals surface area contributed by atoms with Gasteiger partial charge in [0.1, 0.15) is 18.5 Å². The van der Waals surface area contributed by atoms with Crippen molar-refractivity contribution in [3.8, 4) is 5.75 Å². The van der Waals surface area contributed by atoms with Crippen molar-refractivity contribution in [2.24, 2.45) is 0 Å². The third kappa shape index (κ3) is 7.62. The number of hydrogen-bond donors (Lipinski definition) is 2. The fraction of sp³-hybridized carbons (Fsp3) is 0.714. The Morgan fingerprint density at radius 3 is 2.63 bits per heavy atom. The number of nitrogens with one attached hydrogen (secondary N) is 1. The summed E-state index contributed by atoms with van der Waals surface area (Å²) in [6, 6.07) is 8.17. The van der Waals surface area contributed by atoms with E-state index in [1.807, 2.05) is 23.9 Å². The van der Waals surface area contributed by atoms with Gasteiger partial charge in [-0.2, -0.15) is 11.8 Å². The molecule has 0 aromatic heterocycles. The van der Waals surface area contributed by atoms with E-state index in [9.17, 15) is 5.11 Å². The summed E-state index contributed by atoms with van der Waals surface area (Å²) >= 11 is 1.99. The van der Waals surface area contributed by atoms with E-state index in [0.29, 0.717) is 13.2 Å². The molecule has 0 aliphatic carbocycles. The van der Waals surface area contributed by atoms with E-state index in [0.717, 1.165) is 44.0 Å². The van der Waals surface area contributed by atoms with Gasteiger partial charge in [-0.15, -0.1) is 0 Å². The lowest BCUT2D eigenvalue weighted by molar-refractivity contribution is 0.0711. The molecule has 5 nitrogen and oxygen atoms in total. The maximum Gasteiger partial charge on any atom is 0.123 e. The smallest absolute Gasteiger partial charge is 0.123 e. The van der Waals surface area contributed by atoms with Crippen molar-refractivity contribution in [3.05, 3.63) is 29.8 Å². The van der Waals surface area contributed by atoms with E-state index in [1.54, 1.807) is 0 Å². The van der Waals surface area contributed by atoms with E-state index in [-0.39, 0.29) is 0 Å². The summed E-state index contributed by atoms with van der Waals surface area (Å²) in [4.78, 5) is 4.88. The van der Waals surface area contributed by atoms with Gasteiger partial charge in [0, 0.05) is 56.3 Å². The molecule has 0 unspecified atom stereocenters. The van der Waals surface area contributed by atoms with Gasteiger partial charge < -0.3 is 20.1 Å². The van der Waals surface area contributed by atoms with Crippen LogP contribution in [0.3, 0.4) is 0 Å². The molecule has 0 bridgehead atoms. The SMILES string of the molecule is O[C@H](COc1ccccc1CNCCN1CCCCC1)CN1CCSCC1. The van der Waals surface area contributed by atoms with Crippen LogP contribution in [-0.2, 0) is 6.54 Å². The topological polar surface area (TPSA) is 48.0 Å². The molecule has 1 aromatic rings. The molecule has 1 aromatic carbocycles. The second-order valence-electron chi connectivity index (χ2n) is 7.56. The molecule has 2 N–H and O–H groups in total. The molecule has 0 radical (unpaired) electrons. The Kier molecular flexibility index (Phi) is 9.24. The molecule has 0 amide bonds. The van der Waals surface area contributed by atoms with E-state index in [1.165, 1.54) is 43.9 Å². The van der Waals surface area contributed by atoms with Crippen LogP contribution in [0.2, 0.25) is 0 Å². The zero-order valence-electron chi connectivity index (χ0n) is 16.4. The highest BCUT2D eigenvalue weighted by Gasteiger charge is 2.16. The Labute approximate surface area is 168 Å². The van der Waals surface area contributed by atoms with Crippen molar-refractivity contribution in [2.75, 3.05) is 63.9 Å². The van der Waals surface area contributed by atoms with Gasteiger partial charge >= 0.3 is 0 Å². The van der Waals surface area contributed by atoms with E-state index in [4.69, 9.17) is 4.74 Å². The van der Waals surface area contributed by atoms with Gasteiger partial charge in [-0.3, -0.25) is 4.90 Å². The van der Waals surface area contributed by atoms with Crippen molar-refractivity contribution in [1.82, 2.24) is 15.1 Å². The highest BCUT2D eigenvalue weighted by molar-refractivity contribution is 7.99. The van der Waals surface area contributed by atoms with Gasteiger partial charge in [-0.25, -0.2) is 0 Å². The van der Waals surface area contributed by atoms with Crippen LogP contribution in [0.4, 0.5) is 0 Å². The first-order valence-corrected chi connectivity index (χ1v) is 11.6. The molecule has 2 saturated heterocycles. The average molecular weight is 394 g/mol. The van der Waals surface area contributed by atoms with Crippen molar-refractivity contribution < 1.29 is 9.84 Å². The lowest BCUT2D eigenvalue weighted by Gasteiger charge is -2.28. The van der Waals surface area contributed by atoms with Gasteiger partial charge in [0.15, 0.2) is 0 Å². The van der Waals surface area contributed by atoms with Crippen LogP contribution in [-0.4, -0.2) is 84.9 Å². The minimum absolute atomic E-state index is 0.356. The summed E-state index contributed by atoms with van der Waals surface area (Å²) in [6.07, 6.45) is 3.63. The Balaban J connectivity index is 1.37. The number of rotatable bonds is 10. The second-order valence-corrected chi connectivity index (χ2v) is 8.79. The summed E-state index contributed by atoms with van der Waals surface area (Å²) in [6.45, 7) is 8.62. The lowest BCUT2D eigenvalue weighted by atomic mass is 10.1. The van der Waals surface area contributed by atoms with Crippen LogP contribution >= 0.6 is 11.8 Å². The molecule has 2 aliphatic rings. The number of aliphatic hydroxyl groups excluding tert-OH is 1. The monoisotopic (exact) mass is 393 g/mol. The molecule has 152 valence electrons. The Morgan fingerprint density at radius 2 is 1.81 bits per heavy atom. The molecule has 2 fully saturated rings. The summed E-state index contributed by atoms with van der Waals surface area (Å²) in [7, 11) is 0. The molecular formula is C21H35N3O2S. The van der Waals surface area contributed by atoms with Crippen molar-refractivity contribution in [3.63, 3.8) is 0 Å². The van der Waals surface area contributed by atoms with Gasteiger partial charge in [-0.1, -0.05) is 24.6 Å². The fourth-order valence-corrected chi connectivity index (χ4v) is 4.73. The molecular weight excluding hydrogens is 358 g/mol. The minimum atomic E-state index is -0.437. The molecule has 2 aliphatic heterocycles. The number of likely N-dealkylation sites (tertiary alicyclic amines) is 1. The zero-order valence-corrected chi connectivity index (χ0v) is 17.3. The number of para-hydroxylation sites is 1. The molecule has 6 heteroatoms. The number of hydrogen-bond acceptors (Lipinski definition) is 6. The summed E-state index contributed by atoms with van der Waals surface area (Å²) in [5, 5.41) is 13.9. The van der Waals surface area contributed by atoms with E-state index < -0.39 is 6.10 Å². The van der Waals surface area contributed by atoms with Crippen LogP contribution < -0.4 is 10.1 Å². The lowest BCUT2D eigenvalue weighted by Crippen LogP contribution is -2.40. The number of nitrogens with zero attached hydrogens (tertiary/aromatic N) is 2. The van der Waals surface area contributed by atoms with Crippen LogP contribution in [0, 0.1) is 0 Å². The normalized spacial score (nSPS) is 20.5. The summed E-state index contributed by atoms with van der Waals surface area (Å²) in [5.41, 5.74) is 1.16. The van der Waals surface area contributed by atoms with Gasteiger partial charge in [0.25, 0.3) is 0 Å². The van der Waals surface area contributed by atoms with Gasteiger partial charge in [0.2, 0.25) is 0 Å². The molecule has 1 atom stereocenters. The largest absolute Gasteiger partial charge is 0.491 e. The van der Waals surface area contributed by atoms with E-state index in [2.05, 4.69) is 27.2 Å². The van der Waals surface area contributed by atoms with Crippen LogP contribution in [0.25, 0.3) is 0 Å². The highest BCUT2D eigenvalue weighted by atomic mass is 32.2. The predicted molar refractivity (Wildman–Crippen MR) is 114 cm³/mol. The predicted octanol–water partition coefficient (Wildman–Crippen LogP) is 2.05. The summed E-state index contributed by atoms with van der Waals surface area (Å²) < 4.78 is 5.96. The minimum Gasteiger partial charge on any atom is -0.491 e. The number of benzene rings is 1. The number of aliphatic hydroxyl groups is 1. The molecule has 27 heavy (non-hydrogen) atoms. The Hall–Kier alpha value is -0.790. The molecule has 3 rings (SSSR count). The van der Waals surface area contributed by atoms with E-state index >= 15 is 0 Å². The molecule has 2 heterocycles. The number of piperidine rings is 1. The van der Waals surface area contributed by atoms with Gasteiger partial charge in [0.05, 0.1) is 0 Å². The Bertz CT molecular complexity index is 534. The summed E-state index contributed by atoms with van der Waals surface area (Å²) in [5.74, 6) is 3.22. The van der Waals surface area contributed by atoms with Crippen LogP contribution in [0.5, 0.6) is 5.75 Å². The zero-order chi connectivity index (χ0) is 18.7. The fourth-order valence-electron chi connectivity index (χ4n) is 3.75. The first kappa shape index (κ1) is 20.9. The third-order valence-electron chi connectivity index (χ3n) is 5.35. The number of β-amino-alcohol motifs (C(OH)–C–C–N with tert-alkyl or cyclic N) is 1. The van der Waals surface area contributed by atoms with Crippen LogP contribution in [0.1, 0.15) is 24.8 Å². The third-order valence-corrected chi connectivity index (χ3v) is 6.29. The Morgan fingerprint density at radius 1 is 1.04 bits per heavy atom. The van der Waals surface area contributed by atoms with Crippen molar-refractivity contribution in [2.45, 2.75) is 31.9 Å². The van der Waals surface area contributed by atoms with Crippen molar-refractivity contribution >= 4 is 11.8 Å². The quantitative estimate of drug-likeness (QED) is 0.594. The van der Waals surface area contributed by atoms with Gasteiger partial charge in [-0.05, 0) is 32.0 Å². The molecule has 0 saturated carbocycles. The maximum atomic E-state index is 10.3. The first-order chi connectivity index (χ1) is 13.3. The standard InChI is InChI=1S/C21H35N3O2S/c25-20(17-24-12-14-27-15-13-24)18-26-21-7-3-2-6-19(21)16-22-8-11-23-9-4-1-5-10-23/h2-3,6-7,20,22,25H,1,4-5,8-18H2/t20-/m0/s1. The second kappa shape index (κ2) is 11.9. The average Bonchev–Trinajstić information content (AvgIpc) is 2.72. The van der Waals surface area contributed by atoms with Crippen molar-refractivity contribution in [1.29, 1.82) is 0 Å². The maximum absolute atomic E-state index is 10.3. The first-order valence-electron chi connectivity index (χ1n) is 10.4. The number of thioether (sulfide) groups is 1. The highest BCUT2D eigenvalue weighted by Crippen LogP contribution is 2.18. The molecule has 0 spiro atoms.